The average Bonchev–Trinajstić information content (AvgIpc) is 3.36. The van der Waals surface area contributed by atoms with Crippen molar-refractivity contribution in [2.45, 2.75) is 44.9 Å². The molecule has 0 N–H and O–H groups in total. The molecule has 2 aromatic heterocycles. The van der Waals surface area contributed by atoms with Gasteiger partial charge in [-0.15, -0.1) is 0 Å². The predicted octanol–water partition coefficient (Wildman–Crippen LogP) is 4.11. The van der Waals surface area contributed by atoms with Gasteiger partial charge < -0.3 is 9.32 Å². The Labute approximate surface area is 175 Å². The van der Waals surface area contributed by atoms with Gasteiger partial charge in [-0.05, 0) is 43.0 Å². The summed E-state index contributed by atoms with van der Waals surface area (Å²) in [6, 6.07) is 8.29. The number of hydrogen-bond donors (Lipinski definition) is 0. The maximum absolute atomic E-state index is 13.1. The van der Waals surface area contributed by atoms with Gasteiger partial charge in [-0.1, -0.05) is 25.5 Å². The Kier molecular flexibility index (Phi) is 5.97. The molecule has 1 aliphatic heterocycles. The molecule has 30 heavy (non-hydrogen) atoms. The van der Waals surface area contributed by atoms with E-state index in [2.05, 4.69) is 17.0 Å². The molecule has 1 aliphatic rings. The zero-order valence-electron chi connectivity index (χ0n) is 17.5. The largest absolute Gasteiger partial charge is 0.445 e. The second-order valence-electron chi connectivity index (χ2n) is 7.95. The van der Waals surface area contributed by atoms with Gasteiger partial charge >= 0.3 is 0 Å². The molecule has 0 saturated carbocycles. The number of nitrogens with zero attached hydrogens (tertiary/aromatic N) is 4. The first-order valence-corrected chi connectivity index (χ1v) is 10.5. The lowest BCUT2D eigenvalue weighted by Gasteiger charge is -2.31. The minimum atomic E-state index is -0.251. The van der Waals surface area contributed by atoms with Gasteiger partial charge in [0.15, 0.2) is 5.89 Å². The lowest BCUT2D eigenvalue weighted by molar-refractivity contribution is 0.0686. The summed E-state index contributed by atoms with van der Waals surface area (Å²) in [5.74, 6) is 1.25. The second kappa shape index (κ2) is 8.81. The number of carbonyl (C=O) groups excluding carboxylic acids is 1. The first kappa shape index (κ1) is 20.3. The van der Waals surface area contributed by atoms with Crippen LogP contribution in [0.2, 0.25) is 0 Å². The molecule has 0 radical (unpaired) electrons. The van der Waals surface area contributed by atoms with E-state index in [9.17, 15) is 9.18 Å². The summed E-state index contributed by atoms with van der Waals surface area (Å²) in [5.41, 5.74) is 2.55. The molecule has 1 fully saturated rings. The van der Waals surface area contributed by atoms with Gasteiger partial charge in [0.2, 0.25) is 0 Å². The minimum Gasteiger partial charge on any atom is -0.445 e. The van der Waals surface area contributed by atoms with Gasteiger partial charge in [0, 0.05) is 26.6 Å². The second-order valence-corrected chi connectivity index (χ2v) is 7.95. The SMILES string of the molecule is CCCc1cc(C(=O)N2CCCC(c3ncc(Cc4ccc(F)cc4)o3)C2)n(C)n1. The van der Waals surface area contributed by atoms with E-state index in [0.717, 1.165) is 49.2 Å². The van der Waals surface area contributed by atoms with Crippen molar-refractivity contribution < 1.29 is 13.6 Å². The van der Waals surface area contributed by atoms with Crippen LogP contribution in [0.15, 0.2) is 40.9 Å². The molecule has 1 aromatic carbocycles. The molecule has 6 nitrogen and oxygen atoms in total. The van der Waals surface area contributed by atoms with E-state index in [0.29, 0.717) is 24.6 Å². The molecule has 3 aromatic rings. The van der Waals surface area contributed by atoms with Crippen LogP contribution in [0, 0.1) is 5.82 Å². The normalized spacial score (nSPS) is 16.8. The fraction of sp³-hybridized carbons (Fsp3) is 0.435. The van der Waals surface area contributed by atoms with E-state index in [1.54, 1.807) is 23.0 Å². The predicted molar refractivity (Wildman–Crippen MR) is 111 cm³/mol. The van der Waals surface area contributed by atoms with Crippen LogP contribution in [0.1, 0.15) is 65.5 Å². The van der Waals surface area contributed by atoms with Crippen molar-refractivity contribution in [3.05, 3.63) is 70.9 Å². The van der Waals surface area contributed by atoms with Crippen molar-refractivity contribution in [1.29, 1.82) is 0 Å². The molecular formula is C23H27FN4O2. The smallest absolute Gasteiger partial charge is 0.272 e. The molecule has 0 bridgehead atoms. The van der Waals surface area contributed by atoms with Crippen LogP contribution in [0.25, 0.3) is 0 Å². The zero-order valence-corrected chi connectivity index (χ0v) is 17.5. The lowest BCUT2D eigenvalue weighted by atomic mass is 9.97. The molecule has 158 valence electrons. The highest BCUT2D eigenvalue weighted by molar-refractivity contribution is 5.92. The molecule has 1 amide bonds. The summed E-state index contributed by atoms with van der Waals surface area (Å²) in [6.45, 7) is 3.42. The topological polar surface area (TPSA) is 64.2 Å². The van der Waals surface area contributed by atoms with Crippen LogP contribution >= 0.6 is 0 Å². The van der Waals surface area contributed by atoms with Crippen molar-refractivity contribution in [2.75, 3.05) is 13.1 Å². The van der Waals surface area contributed by atoms with Crippen LogP contribution in [0.4, 0.5) is 4.39 Å². The molecule has 7 heteroatoms. The molecule has 0 aliphatic carbocycles. The van der Waals surface area contributed by atoms with Crippen molar-refractivity contribution in [2.24, 2.45) is 7.05 Å². The van der Waals surface area contributed by atoms with E-state index in [1.165, 1.54) is 12.1 Å². The van der Waals surface area contributed by atoms with E-state index in [4.69, 9.17) is 4.42 Å². The third-order valence-electron chi connectivity index (χ3n) is 5.58. The van der Waals surface area contributed by atoms with Crippen LogP contribution in [0.3, 0.4) is 0 Å². The molecule has 1 unspecified atom stereocenters. The highest BCUT2D eigenvalue weighted by atomic mass is 19.1. The first-order chi connectivity index (χ1) is 14.5. The van der Waals surface area contributed by atoms with Crippen LogP contribution in [0.5, 0.6) is 0 Å². The number of carbonyl (C=O) groups is 1. The maximum atomic E-state index is 13.1. The van der Waals surface area contributed by atoms with Crippen LogP contribution in [-0.4, -0.2) is 38.7 Å². The average molecular weight is 410 g/mol. The van der Waals surface area contributed by atoms with E-state index < -0.39 is 0 Å². The molecular weight excluding hydrogens is 383 g/mol. The summed E-state index contributed by atoms with van der Waals surface area (Å²) in [5, 5.41) is 4.46. The standard InChI is InChI=1S/C23H27FN4O2/c1-3-5-19-13-21(27(2)26-19)23(29)28-11-4-6-17(15-28)22-25-14-20(30-22)12-16-7-9-18(24)10-8-16/h7-10,13-14,17H,3-6,11-12,15H2,1-2H3. The Morgan fingerprint density at radius 3 is 2.87 bits per heavy atom. The van der Waals surface area contributed by atoms with Crippen LogP contribution in [-0.2, 0) is 19.9 Å². The van der Waals surface area contributed by atoms with Crippen molar-refractivity contribution in [1.82, 2.24) is 19.7 Å². The number of amides is 1. The molecule has 3 heterocycles. The Balaban J connectivity index is 1.43. The van der Waals surface area contributed by atoms with E-state index in [-0.39, 0.29) is 17.6 Å². The number of oxazole rings is 1. The number of benzene rings is 1. The number of halogens is 1. The summed E-state index contributed by atoms with van der Waals surface area (Å²) in [6.07, 6.45) is 6.02. The quantitative estimate of drug-likeness (QED) is 0.613. The summed E-state index contributed by atoms with van der Waals surface area (Å²) in [4.78, 5) is 19.4. The number of piperidine rings is 1. The lowest BCUT2D eigenvalue weighted by Crippen LogP contribution is -2.40. The van der Waals surface area contributed by atoms with Gasteiger partial charge in [0.25, 0.3) is 5.91 Å². The minimum absolute atomic E-state index is 0.00939. The molecule has 1 saturated heterocycles. The highest BCUT2D eigenvalue weighted by Crippen LogP contribution is 2.28. The van der Waals surface area contributed by atoms with Gasteiger partial charge in [-0.25, -0.2) is 9.37 Å². The van der Waals surface area contributed by atoms with E-state index >= 15 is 0 Å². The van der Waals surface area contributed by atoms with Crippen LogP contribution < -0.4 is 0 Å². The fourth-order valence-corrected chi connectivity index (χ4v) is 4.03. The fourth-order valence-electron chi connectivity index (χ4n) is 4.03. The number of aryl methyl sites for hydroxylation is 2. The Morgan fingerprint density at radius 1 is 1.30 bits per heavy atom. The monoisotopic (exact) mass is 410 g/mol. The third-order valence-corrected chi connectivity index (χ3v) is 5.58. The van der Waals surface area contributed by atoms with Gasteiger partial charge in [0.05, 0.1) is 17.8 Å². The Bertz CT molecular complexity index is 1010. The zero-order chi connectivity index (χ0) is 21.1. The van der Waals surface area contributed by atoms with Crippen molar-refractivity contribution in [3.63, 3.8) is 0 Å². The summed E-state index contributed by atoms with van der Waals surface area (Å²) in [7, 11) is 1.82. The van der Waals surface area contributed by atoms with Gasteiger partial charge in [-0.3, -0.25) is 9.48 Å². The number of hydrogen-bond acceptors (Lipinski definition) is 4. The molecule has 0 spiro atoms. The molecule has 1 atom stereocenters. The number of aromatic nitrogens is 3. The van der Waals surface area contributed by atoms with E-state index in [1.807, 2.05) is 18.0 Å². The third kappa shape index (κ3) is 4.45. The number of rotatable bonds is 6. The summed E-state index contributed by atoms with van der Waals surface area (Å²) >= 11 is 0. The van der Waals surface area contributed by atoms with Gasteiger partial charge in [-0.2, -0.15) is 5.10 Å². The van der Waals surface area contributed by atoms with Crippen molar-refractivity contribution >= 4 is 5.91 Å². The first-order valence-electron chi connectivity index (χ1n) is 10.5. The molecule has 4 rings (SSSR count). The summed E-state index contributed by atoms with van der Waals surface area (Å²) < 4.78 is 20.8. The highest BCUT2D eigenvalue weighted by Gasteiger charge is 2.29. The Hall–Kier alpha value is -2.96. The van der Waals surface area contributed by atoms with Gasteiger partial charge in [0.1, 0.15) is 17.3 Å². The Morgan fingerprint density at radius 2 is 2.10 bits per heavy atom. The number of likely N-dealkylation sites (tertiary alicyclic amines) is 1. The maximum Gasteiger partial charge on any atom is 0.272 e. The van der Waals surface area contributed by atoms with Crippen molar-refractivity contribution in [3.8, 4) is 0 Å².